The standard InChI is InChI=1S/C20H28N4O2/c1-13(2)15-8-6-14(7-9-15)10-21-18(25)16-17(24-12-23-16)19(26)22-11-20(3,4)5/h6-9,12-13H,10-11H2,1-5H3,(H,21,25)(H,22,26)(H,23,24). The fourth-order valence-electron chi connectivity index (χ4n) is 2.36. The number of aromatic amines is 1. The van der Waals surface area contributed by atoms with Gasteiger partial charge in [0.2, 0.25) is 0 Å². The summed E-state index contributed by atoms with van der Waals surface area (Å²) in [5.41, 5.74) is 2.50. The zero-order chi connectivity index (χ0) is 19.3. The summed E-state index contributed by atoms with van der Waals surface area (Å²) in [5, 5.41) is 5.64. The summed E-state index contributed by atoms with van der Waals surface area (Å²) >= 11 is 0. The zero-order valence-electron chi connectivity index (χ0n) is 16.1. The van der Waals surface area contributed by atoms with Crippen LogP contribution in [0.3, 0.4) is 0 Å². The maximum absolute atomic E-state index is 12.4. The van der Waals surface area contributed by atoms with E-state index in [1.807, 2.05) is 32.9 Å². The van der Waals surface area contributed by atoms with Crippen LogP contribution >= 0.6 is 0 Å². The molecule has 0 aliphatic carbocycles. The maximum atomic E-state index is 12.4. The molecule has 0 saturated carbocycles. The lowest BCUT2D eigenvalue weighted by molar-refractivity contribution is 0.0905. The highest BCUT2D eigenvalue weighted by atomic mass is 16.2. The smallest absolute Gasteiger partial charge is 0.272 e. The number of carbonyl (C=O) groups excluding carboxylic acids is 2. The van der Waals surface area contributed by atoms with Gasteiger partial charge in [-0.25, -0.2) is 4.98 Å². The van der Waals surface area contributed by atoms with Crippen LogP contribution in [0.4, 0.5) is 0 Å². The number of aromatic nitrogens is 2. The van der Waals surface area contributed by atoms with Gasteiger partial charge in [-0.3, -0.25) is 9.59 Å². The molecule has 2 aromatic rings. The summed E-state index contributed by atoms with van der Waals surface area (Å²) in [7, 11) is 0. The van der Waals surface area contributed by atoms with Crippen LogP contribution in [0.15, 0.2) is 30.6 Å². The van der Waals surface area contributed by atoms with Crippen LogP contribution < -0.4 is 10.6 Å². The minimum atomic E-state index is -0.354. The Bertz CT molecular complexity index is 755. The number of imidazole rings is 1. The summed E-state index contributed by atoms with van der Waals surface area (Å²) in [6.07, 6.45) is 1.36. The zero-order valence-corrected chi connectivity index (χ0v) is 16.1. The Morgan fingerprint density at radius 1 is 1.08 bits per heavy atom. The number of hydrogen-bond acceptors (Lipinski definition) is 3. The van der Waals surface area contributed by atoms with Crippen molar-refractivity contribution < 1.29 is 9.59 Å². The average molecular weight is 356 g/mol. The van der Waals surface area contributed by atoms with Crippen LogP contribution in [-0.4, -0.2) is 28.3 Å². The molecule has 0 unspecified atom stereocenters. The number of nitrogens with zero attached hydrogens (tertiary/aromatic N) is 1. The predicted molar refractivity (Wildman–Crippen MR) is 102 cm³/mol. The molecular weight excluding hydrogens is 328 g/mol. The molecule has 1 aromatic heterocycles. The third-order valence-corrected chi connectivity index (χ3v) is 3.96. The van der Waals surface area contributed by atoms with Crippen molar-refractivity contribution in [3.63, 3.8) is 0 Å². The highest BCUT2D eigenvalue weighted by Gasteiger charge is 2.21. The van der Waals surface area contributed by atoms with Crippen LogP contribution in [0.25, 0.3) is 0 Å². The molecule has 0 atom stereocenters. The van der Waals surface area contributed by atoms with Crippen molar-refractivity contribution in [2.45, 2.75) is 47.1 Å². The Morgan fingerprint density at radius 3 is 2.31 bits per heavy atom. The van der Waals surface area contributed by atoms with Gasteiger partial charge in [0, 0.05) is 13.1 Å². The normalized spacial score (nSPS) is 11.5. The number of rotatable bonds is 6. The summed E-state index contributed by atoms with van der Waals surface area (Å²) in [5.74, 6) is -0.234. The predicted octanol–water partition coefficient (Wildman–Crippen LogP) is 3.24. The maximum Gasteiger partial charge on any atom is 0.272 e. The van der Waals surface area contributed by atoms with Crippen LogP contribution in [-0.2, 0) is 6.54 Å². The topological polar surface area (TPSA) is 86.9 Å². The molecule has 6 nitrogen and oxygen atoms in total. The van der Waals surface area contributed by atoms with Gasteiger partial charge in [-0.05, 0) is 22.5 Å². The third-order valence-electron chi connectivity index (χ3n) is 3.96. The van der Waals surface area contributed by atoms with E-state index in [4.69, 9.17) is 0 Å². The highest BCUT2D eigenvalue weighted by molar-refractivity contribution is 6.04. The molecule has 0 spiro atoms. The lowest BCUT2D eigenvalue weighted by atomic mass is 9.97. The van der Waals surface area contributed by atoms with Gasteiger partial charge in [0.1, 0.15) is 5.69 Å². The number of hydrogen-bond donors (Lipinski definition) is 3. The first-order valence-corrected chi connectivity index (χ1v) is 8.86. The lowest BCUT2D eigenvalue weighted by Crippen LogP contribution is -2.34. The van der Waals surface area contributed by atoms with Gasteiger partial charge < -0.3 is 15.6 Å². The second-order valence-electron chi connectivity index (χ2n) is 7.95. The van der Waals surface area contributed by atoms with E-state index in [-0.39, 0.29) is 28.6 Å². The van der Waals surface area contributed by atoms with E-state index in [1.54, 1.807) is 0 Å². The van der Waals surface area contributed by atoms with E-state index >= 15 is 0 Å². The Labute approximate surface area is 154 Å². The lowest BCUT2D eigenvalue weighted by Gasteiger charge is -2.18. The van der Waals surface area contributed by atoms with Crippen LogP contribution in [0.1, 0.15) is 72.6 Å². The van der Waals surface area contributed by atoms with Crippen molar-refractivity contribution in [2.24, 2.45) is 5.41 Å². The summed E-state index contributed by atoms with van der Waals surface area (Å²) < 4.78 is 0. The van der Waals surface area contributed by atoms with Gasteiger partial charge in [-0.2, -0.15) is 0 Å². The molecule has 0 fully saturated rings. The van der Waals surface area contributed by atoms with Crippen molar-refractivity contribution >= 4 is 11.8 Å². The first-order valence-electron chi connectivity index (χ1n) is 8.86. The number of H-pyrrole nitrogens is 1. The minimum Gasteiger partial charge on any atom is -0.350 e. The van der Waals surface area contributed by atoms with Gasteiger partial charge in [0.15, 0.2) is 5.69 Å². The molecule has 0 bridgehead atoms. The molecule has 0 saturated heterocycles. The largest absolute Gasteiger partial charge is 0.350 e. The van der Waals surface area contributed by atoms with E-state index in [0.717, 1.165) is 5.56 Å². The van der Waals surface area contributed by atoms with E-state index in [2.05, 4.69) is 46.6 Å². The molecule has 0 aliphatic rings. The van der Waals surface area contributed by atoms with E-state index in [1.165, 1.54) is 11.9 Å². The quantitative estimate of drug-likeness (QED) is 0.742. The molecule has 1 aromatic carbocycles. The fourth-order valence-corrected chi connectivity index (χ4v) is 2.36. The van der Waals surface area contributed by atoms with Crippen molar-refractivity contribution in [2.75, 3.05) is 6.54 Å². The first kappa shape index (κ1) is 19.7. The van der Waals surface area contributed by atoms with Gasteiger partial charge >= 0.3 is 0 Å². The van der Waals surface area contributed by atoms with Crippen molar-refractivity contribution in [3.05, 3.63) is 53.1 Å². The van der Waals surface area contributed by atoms with Crippen LogP contribution in [0.2, 0.25) is 0 Å². The van der Waals surface area contributed by atoms with Crippen LogP contribution in [0, 0.1) is 5.41 Å². The summed E-state index contributed by atoms with van der Waals surface area (Å²) in [6.45, 7) is 11.2. The molecular formula is C20H28N4O2. The monoisotopic (exact) mass is 356 g/mol. The third kappa shape index (κ3) is 5.44. The fraction of sp³-hybridized carbons (Fsp3) is 0.450. The number of nitrogens with one attached hydrogen (secondary N) is 3. The van der Waals surface area contributed by atoms with Gasteiger partial charge in [0.05, 0.1) is 6.33 Å². The summed E-state index contributed by atoms with van der Waals surface area (Å²) in [4.78, 5) is 31.5. The molecule has 3 N–H and O–H groups in total. The molecule has 2 amide bonds. The Morgan fingerprint density at radius 2 is 1.73 bits per heavy atom. The van der Waals surface area contributed by atoms with E-state index in [9.17, 15) is 9.59 Å². The Balaban J connectivity index is 1.98. The average Bonchev–Trinajstić information content (AvgIpc) is 3.07. The first-order chi connectivity index (χ1) is 12.2. The van der Waals surface area contributed by atoms with E-state index < -0.39 is 0 Å². The molecule has 2 rings (SSSR count). The van der Waals surface area contributed by atoms with Crippen molar-refractivity contribution in [3.8, 4) is 0 Å². The van der Waals surface area contributed by atoms with E-state index in [0.29, 0.717) is 19.0 Å². The van der Waals surface area contributed by atoms with Gasteiger partial charge in [-0.15, -0.1) is 0 Å². The Kier molecular flexibility index (Phi) is 6.18. The molecule has 0 radical (unpaired) electrons. The second-order valence-corrected chi connectivity index (χ2v) is 7.95. The molecule has 140 valence electrons. The summed E-state index contributed by atoms with van der Waals surface area (Å²) in [6, 6.07) is 8.13. The second kappa shape index (κ2) is 8.17. The van der Waals surface area contributed by atoms with Gasteiger partial charge in [0.25, 0.3) is 11.8 Å². The SMILES string of the molecule is CC(C)c1ccc(CNC(=O)c2[nH]cnc2C(=O)NCC(C)(C)C)cc1. The molecule has 26 heavy (non-hydrogen) atoms. The molecule has 6 heteroatoms. The molecule has 1 heterocycles. The van der Waals surface area contributed by atoms with Crippen molar-refractivity contribution in [1.82, 2.24) is 20.6 Å². The van der Waals surface area contributed by atoms with Crippen LogP contribution in [0.5, 0.6) is 0 Å². The molecule has 0 aliphatic heterocycles. The minimum absolute atomic E-state index is 0.0451. The number of benzene rings is 1. The highest BCUT2D eigenvalue weighted by Crippen LogP contribution is 2.15. The van der Waals surface area contributed by atoms with Gasteiger partial charge in [-0.1, -0.05) is 58.9 Å². The van der Waals surface area contributed by atoms with Crippen molar-refractivity contribution in [1.29, 1.82) is 0 Å². The number of carbonyl (C=O) groups is 2. The Hall–Kier alpha value is -2.63. The number of amides is 2.